The van der Waals surface area contributed by atoms with Crippen LogP contribution in [0.4, 0.5) is 4.39 Å². The Kier molecular flexibility index (Phi) is 4.80. The van der Waals surface area contributed by atoms with Crippen molar-refractivity contribution in [3.05, 3.63) is 101 Å². The molecule has 0 unspecified atom stereocenters. The van der Waals surface area contributed by atoms with Crippen molar-refractivity contribution in [3.8, 4) is 23.7 Å². The van der Waals surface area contributed by atoms with Gasteiger partial charge in [-0.05, 0) is 42.5 Å². The fourth-order valence-corrected chi connectivity index (χ4v) is 2.14. The first kappa shape index (κ1) is 15.7. The van der Waals surface area contributed by atoms with E-state index in [2.05, 4.69) is 23.7 Å². The highest BCUT2D eigenvalue weighted by Gasteiger charge is 1.99. The zero-order valence-corrected chi connectivity index (χ0v) is 13.3. The van der Waals surface area contributed by atoms with E-state index in [1.165, 1.54) is 11.5 Å². The molecule has 0 saturated heterocycles. The van der Waals surface area contributed by atoms with Crippen molar-refractivity contribution in [1.29, 1.82) is 0 Å². The van der Waals surface area contributed by atoms with E-state index in [1.807, 2.05) is 62.4 Å². The molecule has 0 aliphatic carbocycles. The average Bonchev–Trinajstić information content (AvgIpc) is 2.61. The molecule has 0 saturated carbocycles. The van der Waals surface area contributed by atoms with Crippen LogP contribution >= 0.6 is 0 Å². The van der Waals surface area contributed by atoms with Crippen molar-refractivity contribution in [3.63, 3.8) is 0 Å². The molecule has 0 bridgehead atoms. The zero-order chi connectivity index (χ0) is 16.8. The van der Waals surface area contributed by atoms with Crippen molar-refractivity contribution in [2.45, 2.75) is 0 Å². The summed E-state index contributed by atoms with van der Waals surface area (Å²) in [5.74, 6) is 11.5. The molecule has 0 aliphatic heterocycles. The van der Waals surface area contributed by atoms with Gasteiger partial charge in [0.25, 0.3) is 0 Å². The maximum absolute atomic E-state index is 14.2. The van der Waals surface area contributed by atoms with Crippen LogP contribution in [-0.2, 0) is 0 Å². The second-order valence-corrected chi connectivity index (χ2v) is 5.43. The number of benzene rings is 3. The fraction of sp³-hybridized carbons (Fsp3) is 0. The lowest BCUT2D eigenvalue weighted by atomic mass is 9.95. The molecule has 0 N–H and O–H groups in total. The van der Waals surface area contributed by atoms with Gasteiger partial charge in [-0.3, -0.25) is 0 Å². The van der Waals surface area contributed by atoms with Gasteiger partial charge in [0.15, 0.2) is 0 Å². The quantitative estimate of drug-likeness (QED) is 0.442. The van der Waals surface area contributed by atoms with E-state index in [4.69, 9.17) is 0 Å². The molecule has 112 valence electrons. The molecule has 0 spiro atoms. The second kappa shape index (κ2) is 7.36. The first-order valence-corrected chi connectivity index (χ1v) is 7.66. The number of halogens is 1. The lowest BCUT2D eigenvalue weighted by Crippen LogP contribution is -1.99. The minimum Gasteiger partial charge on any atom is -0.206 e. The second-order valence-electron chi connectivity index (χ2n) is 5.43. The SMILES string of the molecule is Bc1ccc(C#Cc2ccc(C#Cc3ccccc3)cc2F)cc1. The van der Waals surface area contributed by atoms with Gasteiger partial charge in [-0.1, -0.05) is 59.5 Å². The highest BCUT2D eigenvalue weighted by molar-refractivity contribution is 6.32. The van der Waals surface area contributed by atoms with Crippen LogP contribution < -0.4 is 5.46 Å². The topological polar surface area (TPSA) is 0 Å². The molecular weight excluding hydrogens is 294 g/mol. The first-order valence-electron chi connectivity index (χ1n) is 7.66. The number of rotatable bonds is 0. The molecule has 0 aromatic heterocycles. The van der Waals surface area contributed by atoms with Gasteiger partial charge in [0, 0.05) is 16.7 Å². The first-order chi connectivity index (χ1) is 11.7. The Balaban J connectivity index is 1.81. The molecule has 0 atom stereocenters. The van der Waals surface area contributed by atoms with Crippen LogP contribution in [-0.4, -0.2) is 7.85 Å². The van der Waals surface area contributed by atoms with E-state index in [0.29, 0.717) is 11.1 Å². The lowest BCUT2D eigenvalue weighted by Gasteiger charge is -1.96. The van der Waals surface area contributed by atoms with Crippen LogP contribution in [0.3, 0.4) is 0 Å². The normalized spacial score (nSPS) is 9.38. The van der Waals surface area contributed by atoms with Gasteiger partial charge in [0.05, 0.1) is 5.56 Å². The minimum atomic E-state index is -0.352. The van der Waals surface area contributed by atoms with Crippen molar-refractivity contribution >= 4 is 13.3 Å². The number of hydrogen-bond donors (Lipinski definition) is 0. The van der Waals surface area contributed by atoms with E-state index >= 15 is 0 Å². The van der Waals surface area contributed by atoms with Crippen LogP contribution in [0.2, 0.25) is 0 Å². The third-order valence-corrected chi connectivity index (χ3v) is 3.49. The Morgan fingerprint density at radius 1 is 0.625 bits per heavy atom. The summed E-state index contributed by atoms with van der Waals surface area (Å²) in [5, 5.41) is 0. The molecular formula is C22H14BF. The summed E-state index contributed by atoms with van der Waals surface area (Å²) in [4.78, 5) is 0. The molecule has 3 aromatic carbocycles. The van der Waals surface area contributed by atoms with Crippen LogP contribution in [0.1, 0.15) is 22.3 Å². The highest BCUT2D eigenvalue weighted by atomic mass is 19.1. The van der Waals surface area contributed by atoms with Crippen LogP contribution in [0, 0.1) is 29.5 Å². The van der Waals surface area contributed by atoms with Gasteiger partial charge >= 0.3 is 0 Å². The van der Waals surface area contributed by atoms with Gasteiger partial charge < -0.3 is 0 Å². The van der Waals surface area contributed by atoms with Crippen molar-refractivity contribution in [2.24, 2.45) is 0 Å². The van der Waals surface area contributed by atoms with Crippen molar-refractivity contribution in [1.82, 2.24) is 0 Å². The maximum Gasteiger partial charge on any atom is 0.140 e. The Morgan fingerprint density at radius 2 is 1.21 bits per heavy atom. The van der Waals surface area contributed by atoms with E-state index in [9.17, 15) is 4.39 Å². The fourth-order valence-electron chi connectivity index (χ4n) is 2.14. The van der Waals surface area contributed by atoms with Crippen LogP contribution in [0.5, 0.6) is 0 Å². The molecule has 0 amide bonds. The third-order valence-electron chi connectivity index (χ3n) is 3.49. The van der Waals surface area contributed by atoms with Crippen molar-refractivity contribution in [2.75, 3.05) is 0 Å². The van der Waals surface area contributed by atoms with Gasteiger partial charge in [-0.25, -0.2) is 4.39 Å². The summed E-state index contributed by atoms with van der Waals surface area (Å²) in [5.41, 5.74) is 3.96. The summed E-state index contributed by atoms with van der Waals surface area (Å²) in [6, 6.07) is 22.4. The largest absolute Gasteiger partial charge is 0.206 e. The monoisotopic (exact) mass is 308 g/mol. The summed E-state index contributed by atoms with van der Waals surface area (Å²) in [6.45, 7) is 0. The Morgan fingerprint density at radius 3 is 1.92 bits per heavy atom. The van der Waals surface area contributed by atoms with Crippen molar-refractivity contribution < 1.29 is 4.39 Å². The van der Waals surface area contributed by atoms with Gasteiger partial charge in [0.1, 0.15) is 13.7 Å². The van der Waals surface area contributed by atoms with E-state index in [1.54, 1.807) is 12.1 Å². The highest BCUT2D eigenvalue weighted by Crippen LogP contribution is 2.09. The summed E-state index contributed by atoms with van der Waals surface area (Å²) >= 11 is 0. The van der Waals surface area contributed by atoms with E-state index in [0.717, 1.165) is 11.1 Å². The predicted octanol–water partition coefficient (Wildman–Crippen LogP) is 2.88. The van der Waals surface area contributed by atoms with Gasteiger partial charge in [-0.2, -0.15) is 0 Å². The summed E-state index contributed by atoms with van der Waals surface area (Å²) in [6.07, 6.45) is 0. The predicted molar refractivity (Wildman–Crippen MR) is 99.4 cm³/mol. The van der Waals surface area contributed by atoms with Gasteiger partial charge in [0.2, 0.25) is 0 Å². The molecule has 0 heterocycles. The zero-order valence-electron chi connectivity index (χ0n) is 13.3. The third kappa shape index (κ3) is 4.16. The molecule has 0 radical (unpaired) electrons. The maximum atomic E-state index is 14.2. The van der Waals surface area contributed by atoms with E-state index in [-0.39, 0.29) is 5.82 Å². The summed E-state index contributed by atoms with van der Waals surface area (Å²) < 4.78 is 14.2. The van der Waals surface area contributed by atoms with Crippen LogP contribution in [0.25, 0.3) is 0 Å². The molecule has 0 fully saturated rings. The molecule has 0 aliphatic rings. The summed E-state index contributed by atoms with van der Waals surface area (Å²) in [7, 11) is 2.02. The van der Waals surface area contributed by atoms with Gasteiger partial charge in [-0.15, -0.1) is 0 Å². The van der Waals surface area contributed by atoms with Crippen LogP contribution in [0.15, 0.2) is 72.8 Å². The Labute approximate surface area is 142 Å². The molecule has 3 rings (SSSR count). The minimum absolute atomic E-state index is 0.352. The molecule has 0 nitrogen and oxygen atoms in total. The molecule has 2 heteroatoms. The standard InChI is InChI=1S/C22H14BF/c23-21-14-10-18(11-15-21)8-12-20-13-9-19(16-22(20)24)7-6-17-4-2-1-3-5-17/h1-5,9-11,13-16H,23H2. The Bertz CT molecular complexity index is 966. The average molecular weight is 308 g/mol. The van der Waals surface area contributed by atoms with E-state index < -0.39 is 0 Å². The Hall–Kier alpha value is -3.23. The molecule has 24 heavy (non-hydrogen) atoms. The lowest BCUT2D eigenvalue weighted by molar-refractivity contribution is 0.624. The number of hydrogen-bond acceptors (Lipinski definition) is 0. The molecule has 3 aromatic rings. The smallest absolute Gasteiger partial charge is 0.140 e.